The molecule has 1 amide bonds. The monoisotopic (exact) mass is 402 g/mol. The van der Waals surface area contributed by atoms with E-state index in [2.05, 4.69) is 10.3 Å². The molecule has 0 aliphatic carbocycles. The number of ether oxygens (including phenoxy) is 2. The third kappa shape index (κ3) is 4.59. The van der Waals surface area contributed by atoms with Gasteiger partial charge in [0.15, 0.2) is 11.5 Å². The van der Waals surface area contributed by atoms with Crippen molar-refractivity contribution in [2.45, 2.75) is 6.42 Å². The normalized spacial score (nSPS) is 10.5. The topological polar surface area (TPSA) is 60.5 Å². The SMILES string of the molecule is COc1cccc(C(=O)NCCc2csc(-c3ccc(Cl)cc3)n2)c1OC. The maximum absolute atomic E-state index is 12.5. The van der Waals surface area contributed by atoms with Crippen LogP contribution in [0.25, 0.3) is 10.6 Å². The number of para-hydroxylation sites is 1. The Labute approximate surface area is 166 Å². The number of nitrogens with zero attached hydrogens (tertiary/aromatic N) is 1. The van der Waals surface area contributed by atoms with Crippen molar-refractivity contribution in [2.75, 3.05) is 20.8 Å². The van der Waals surface area contributed by atoms with E-state index in [1.807, 2.05) is 29.6 Å². The standard InChI is InChI=1S/C20H19ClN2O3S/c1-25-17-5-3-4-16(18(17)26-2)19(24)22-11-10-15-12-27-20(23-15)13-6-8-14(21)9-7-13/h3-9,12H,10-11H2,1-2H3,(H,22,24). The van der Waals surface area contributed by atoms with Crippen molar-refractivity contribution in [3.8, 4) is 22.1 Å². The Hall–Kier alpha value is -2.57. The molecule has 1 heterocycles. The average Bonchev–Trinajstić information content (AvgIpc) is 3.16. The lowest BCUT2D eigenvalue weighted by Crippen LogP contribution is -2.26. The Morgan fingerprint density at radius 1 is 1.15 bits per heavy atom. The van der Waals surface area contributed by atoms with Gasteiger partial charge < -0.3 is 14.8 Å². The molecular weight excluding hydrogens is 384 g/mol. The lowest BCUT2D eigenvalue weighted by molar-refractivity contribution is 0.0950. The number of amides is 1. The number of rotatable bonds is 7. The van der Waals surface area contributed by atoms with E-state index in [0.717, 1.165) is 16.3 Å². The molecule has 0 radical (unpaired) electrons. The van der Waals surface area contributed by atoms with Gasteiger partial charge in [-0.2, -0.15) is 0 Å². The summed E-state index contributed by atoms with van der Waals surface area (Å²) in [6.45, 7) is 0.475. The molecule has 140 valence electrons. The van der Waals surface area contributed by atoms with Crippen LogP contribution in [0.1, 0.15) is 16.1 Å². The fraction of sp³-hybridized carbons (Fsp3) is 0.200. The van der Waals surface area contributed by atoms with E-state index in [4.69, 9.17) is 21.1 Å². The van der Waals surface area contributed by atoms with Crippen molar-refractivity contribution in [2.24, 2.45) is 0 Å². The summed E-state index contributed by atoms with van der Waals surface area (Å²) in [5, 5.41) is 6.54. The van der Waals surface area contributed by atoms with E-state index in [9.17, 15) is 4.79 Å². The highest BCUT2D eigenvalue weighted by molar-refractivity contribution is 7.13. The molecule has 1 N–H and O–H groups in total. The van der Waals surface area contributed by atoms with Gasteiger partial charge in [-0.3, -0.25) is 4.79 Å². The number of halogens is 1. The van der Waals surface area contributed by atoms with E-state index in [0.29, 0.717) is 35.1 Å². The molecular formula is C20H19ClN2O3S. The zero-order valence-corrected chi connectivity index (χ0v) is 16.6. The molecule has 7 heteroatoms. The maximum atomic E-state index is 12.5. The zero-order chi connectivity index (χ0) is 19.2. The van der Waals surface area contributed by atoms with Gasteiger partial charge in [0, 0.05) is 28.9 Å². The quantitative estimate of drug-likeness (QED) is 0.634. The predicted octanol–water partition coefficient (Wildman–Crippen LogP) is 4.45. The number of aromatic nitrogens is 1. The molecule has 0 atom stereocenters. The van der Waals surface area contributed by atoms with E-state index >= 15 is 0 Å². The smallest absolute Gasteiger partial charge is 0.255 e. The first-order valence-electron chi connectivity index (χ1n) is 8.32. The van der Waals surface area contributed by atoms with Gasteiger partial charge in [0.2, 0.25) is 0 Å². The fourth-order valence-corrected chi connectivity index (χ4v) is 3.60. The second-order valence-electron chi connectivity index (χ2n) is 5.70. The Morgan fingerprint density at radius 2 is 1.93 bits per heavy atom. The van der Waals surface area contributed by atoms with Gasteiger partial charge in [0.25, 0.3) is 5.91 Å². The van der Waals surface area contributed by atoms with Gasteiger partial charge in [-0.25, -0.2) is 4.98 Å². The van der Waals surface area contributed by atoms with Gasteiger partial charge in [-0.15, -0.1) is 11.3 Å². The van der Waals surface area contributed by atoms with Crippen molar-refractivity contribution in [3.63, 3.8) is 0 Å². The summed E-state index contributed by atoms with van der Waals surface area (Å²) in [6, 6.07) is 12.8. The van der Waals surface area contributed by atoms with Gasteiger partial charge in [0.1, 0.15) is 5.01 Å². The van der Waals surface area contributed by atoms with Crippen LogP contribution in [0, 0.1) is 0 Å². The average molecular weight is 403 g/mol. The number of thiazole rings is 1. The second-order valence-corrected chi connectivity index (χ2v) is 6.99. The Morgan fingerprint density at radius 3 is 2.63 bits per heavy atom. The van der Waals surface area contributed by atoms with Gasteiger partial charge in [0.05, 0.1) is 25.5 Å². The number of nitrogens with one attached hydrogen (secondary N) is 1. The molecule has 3 aromatic rings. The Balaban J connectivity index is 1.60. The van der Waals surface area contributed by atoms with Gasteiger partial charge in [-0.05, 0) is 24.3 Å². The highest BCUT2D eigenvalue weighted by Crippen LogP contribution is 2.30. The highest BCUT2D eigenvalue weighted by atomic mass is 35.5. The molecule has 0 unspecified atom stereocenters. The molecule has 1 aromatic heterocycles. The first-order chi connectivity index (χ1) is 13.1. The first kappa shape index (κ1) is 19.2. The molecule has 0 aliphatic heterocycles. The molecule has 5 nitrogen and oxygen atoms in total. The number of carbonyl (C=O) groups is 1. The third-order valence-corrected chi connectivity index (χ3v) is 5.15. The van der Waals surface area contributed by atoms with Crippen LogP contribution in [-0.2, 0) is 6.42 Å². The third-order valence-electron chi connectivity index (χ3n) is 3.96. The number of benzene rings is 2. The summed E-state index contributed by atoms with van der Waals surface area (Å²) in [5.41, 5.74) is 2.40. The van der Waals surface area contributed by atoms with E-state index < -0.39 is 0 Å². The highest BCUT2D eigenvalue weighted by Gasteiger charge is 2.16. The van der Waals surface area contributed by atoms with Crippen LogP contribution in [0.5, 0.6) is 11.5 Å². The summed E-state index contributed by atoms with van der Waals surface area (Å²) in [4.78, 5) is 17.1. The molecule has 0 spiro atoms. The summed E-state index contributed by atoms with van der Waals surface area (Å²) in [7, 11) is 3.06. The van der Waals surface area contributed by atoms with Crippen molar-refractivity contribution < 1.29 is 14.3 Å². The van der Waals surface area contributed by atoms with E-state index in [1.54, 1.807) is 36.6 Å². The summed E-state index contributed by atoms with van der Waals surface area (Å²) < 4.78 is 10.5. The number of hydrogen-bond donors (Lipinski definition) is 1. The molecule has 0 bridgehead atoms. The molecule has 2 aromatic carbocycles. The summed E-state index contributed by atoms with van der Waals surface area (Å²) in [5.74, 6) is 0.743. The minimum absolute atomic E-state index is 0.209. The molecule has 0 aliphatic rings. The molecule has 0 saturated heterocycles. The zero-order valence-electron chi connectivity index (χ0n) is 15.0. The van der Waals surface area contributed by atoms with E-state index in [1.165, 1.54) is 7.11 Å². The minimum atomic E-state index is -0.209. The van der Waals surface area contributed by atoms with Gasteiger partial charge in [-0.1, -0.05) is 29.8 Å². The summed E-state index contributed by atoms with van der Waals surface area (Å²) >= 11 is 7.49. The van der Waals surface area contributed by atoms with Crippen LogP contribution in [0.3, 0.4) is 0 Å². The van der Waals surface area contributed by atoms with Crippen molar-refractivity contribution in [1.29, 1.82) is 0 Å². The Bertz CT molecular complexity index is 925. The maximum Gasteiger partial charge on any atom is 0.255 e. The van der Waals surface area contributed by atoms with E-state index in [-0.39, 0.29) is 5.91 Å². The predicted molar refractivity (Wildman–Crippen MR) is 108 cm³/mol. The van der Waals surface area contributed by atoms with Crippen LogP contribution in [-0.4, -0.2) is 31.7 Å². The minimum Gasteiger partial charge on any atom is -0.493 e. The molecule has 0 fully saturated rings. The summed E-state index contributed by atoms with van der Waals surface area (Å²) in [6.07, 6.45) is 0.641. The van der Waals surface area contributed by atoms with Crippen LogP contribution < -0.4 is 14.8 Å². The lowest BCUT2D eigenvalue weighted by atomic mass is 10.1. The van der Waals surface area contributed by atoms with Crippen LogP contribution in [0.2, 0.25) is 5.02 Å². The molecule has 0 saturated carbocycles. The molecule has 3 rings (SSSR count). The van der Waals surface area contributed by atoms with Crippen molar-refractivity contribution in [1.82, 2.24) is 10.3 Å². The van der Waals surface area contributed by atoms with Crippen LogP contribution in [0.15, 0.2) is 47.8 Å². The number of methoxy groups -OCH3 is 2. The number of carbonyl (C=O) groups excluding carboxylic acids is 1. The largest absolute Gasteiger partial charge is 0.493 e. The lowest BCUT2D eigenvalue weighted by Gasteiger charge is -2.12. The van der Waals surface area contributed by atoms with Crippen molar-refractivity contribution in [3.05, 3.63) is 64.1 Å². The first-order valence-corrected chi connectivity index (χ1v) is 9.57. The fourth-order valence-electron chi connectivity index (χ4n) is 2.61. The Kier molecular flexibility index (Phi) is 6.32. The van der Waals surface area contributed by atoms with Crippen LogP contribution >= 0.6 is 22.9 Å². The van der Waals surface area contributed by atoms with Gasteiger partial charge >= 0.3 is 0 Å². The molecule has 27 heavy (non-hydrogen) atoms. The number of hydrogen-bond acceptors (Lipinski definition) is 5. The van der Waals surface area contributed by atoms with Crippen LogP contribution in [0.4, 0.5) is 0 Å². The second kappa shape index (κ2) is 8.88. The van der Waals surface area contributed by atoms with Crippen molar-refractivity contribution >= 4 is 28.8 Å².